The second-order valence-electron chi connectivity index (χ2n) is 8.32. The Labute approximate surface area is 235 Å². The van der Waals surface area contributed by atoms with E-state index in [1.807, 2.05) is 0 Å². The molecular weight excluding hydrogens is 605 g/mol. The number of ether oxygens (including phenoxy) is 1. The lowest BCUT2D eigenvalue weighted by Crippen LogP contribution is -2.04. The average molecular weight is 617 g/mol. The van der Waals surface area contributed by atoms with Crippen LogP contribution in [0, 0.1) is 20.2 Å². The molecule has 0 heterocycles. The van der Waals surface area contributed by atoms with Gasteiger partial charge in [-0.2, -0.15) is 26.3 Å². The highest BCUT2D eigenvalue weighted by atomic mass is 35.5. The van der Waals surface area contributed by atoms with Gasteiger partial charge in [-0.05, 0) is 47.5 Å². The zero-order valence-electron chi connectivity index (χ0n) is 19.9. The zero-order valence-corrected chi connectivity index (χ0v) is 21.4. The summed E-state index contributed by atoms with van der Waals surface area (Å²) in [7, 11) is 0. The van der Waals surface area contributed by atoms with Crippen molar-refractivity contribution in [3.63, 3.8) is 0 Å². The lowest BCUT2D eigenvalue weighted by Gasteiger charge is -2.15. The van der Waals surface area contributed by atoms with Gasteiger partial charge in [0.05, 0.1) is 31.0 Å². The van der Waals surface area contributed by atoms with Crippen LogP contribution >= 0.6 is 23.2 Å². The molecule has 7 nitrogen and oxygen atoms in total. The molecule has 0 aromatic heterocycles. The molecule has 0 spiro atoms. The predicted molar refractivity (Wildman–Crippen MR) is 137 cm³/mol. The smallest absolute Gasteiger partial charge is 0.416 e. The van der Waals surface area contributed by atoms with Crippen LogP contribution in [0.5, 0.6) is 11.5 Å². The molecule has 4 aromatic carbocycles. The van der Waals surface area contributed by atoms with Crippen molar-refractivity contribution in [2.75, 3.05) is 0 Å². The van der Waals surface area contributed by atoms with E-state index in [0.29, 0.717) is 0 Å². The first-order chi connectivity index (χ1) is 19.1. The average Bonchev–Trinajstić information content (AvgIpc) is 2.89. The number of hydrogen-bond acceptors (Lipinski definition) is 5. The fraction of sp³-hybridized carbons (Fsp3) is 0.0769. The molecule has 0 atom stereocenters. The number of halogens is 8. The molecular formula is C26H12Cl2F6N2O5. The van der Waals surface area contributed by atoms with Crippen LogP contribution in [-0.4, -0.2) is 9.85 Å². The second-order valence-corrected chi connectivity index (χ2v) is 9.07. The third-order valence-corrected chi connectivity index (χ3v) is 6.55. The number of benzene rings is 4. The van der Waals surface area contributed by atoms with Crippen molar-refractivity contribution in [3.8, 4) is 33.8 Å². The van der Waals surface area contributed by atoms with Crippen LogP contribution in [-0.2, 0) is 12.4 Å². The van der Waals surface area contributed by atoms with Crippen LogP contribution in [0.2, 0.25) is 10.0 Å². The van der Waals surface area contributed by atoms with Crippen molar-refractivity contribution in [1.29, 1.82) is 0 Å². The minimum Gasteiger partial charge on any atom is -0.440 e. The van der Waals surface area contributed by atoms with Crippen molar-refractivity contribution >= 4 is 34.6 Å². The molecule has 212 valence electrons. The summed E-state index contributed by atoms with van der Waals surface area (Å²) >= 11 is 12.8. The molecule has 0 fully saturated rings. The van der Waals surface area contributed by atoms with E-state index in [1.54, 1.807) is 0 Å². The van der Waals surface area contributed by atoms with E-state index in [1.165, 1.54) is 0 Å². The lowest BCUT2D eigenvalue weighted by atomic mass is 10.0. The number of nitrogens with zero attached hydrogens (tertiary/aromatic N) is 2. The van der Waals surface area contributed by atoms with Crippen molar-refractivity contribution in [3.05, 3.63) is 114 Å². The molecule has 0 N–H and O–H groups in total. The summed E-state index contributed by atoms with van der Waals surface area (Å²) in [6.07, 6.45) is -9.25. The monoisotopic (exact) mass is 616 g/mol. The molecule has 0 amide bonds. The number of alkyl halides is 6. The molecule has 0 unspecified atom stereocenters. The highest BCUT2D eigenvalue weighted by Gasteiger charge is 2.32. The topological polar surface area (TPSA) is 95.5 Å². The van der Waals surface area contributed by atoms with Gasteiger partial charge in [0.25, 0.3) is 0 Å². The van der Waals surface area contributed by atoms with Crippen LogP contribution in [0.15, 0.2) is 72.8 Å². The third kappa shape index (κ3) is 6.05. The standard InChI is InChI=1S/C26H12Cl2F6N2O5/c27-21-17(13-1-5-15(6-2-13)25(29,30)31)9-11-19(35(37)38)23(21)41-24-20(36(39)40)12-10-18(22(24)28)14-3-7-16(8-4-14)26(32,33)34/h1-12H. The van der Waals surface area contributed by atoms with Gasteiger partial charge in [-0.1, -0.05) is 47.5 Å². The van der Waals surface area contributed by atoms with Gasteiger partial charge >= 0.3 is 23.7 Å². The molecule has 0 radical (unpaired) electrons. The zero-order chi connectivity index (χ0) is 30.3. The minimum absolute atomic E-state index is 0.00124. The Morgan fingerprint density at radius 1 is 0.561 bits per heavy atom. The summed E-state index contributed by atoms with van der Waals surface area (Å²) in [5, 5.41) is 22.6. The van der Waals surface area contributed by atoms with Gasteiger partial charge in [0.15, 0.2) is 0 Å². The summed E-state index contributed by atoms with van der Waals surface area (Å²) in [6.45, 7) is 0. The van der Waals surface area contributed by atoms with Crippen LogP contribution in [0.25, 0.3) is 22.3 Å². The quantitative estimate of drug-likeness (QED) is 0.122. The normalized spacial score (nSPS) is 11.8. The van der Waals surface area contributed by atoms with Gasteiger partial charge in [-0.25, -0.2) is 0 Å². The molecule has 0 saturated heterocycles. The molecule has 4 rings (SSSR count). The maximum atomic E-state index is 13.0. The van der Waals surface area contributed by atoms with Gasteiger partial charge in [-0.15, -0.1) is 0 Å². The van der Waals surface area contributed by atoms with Crippen LogP contribution < -0.4 is 4.74 Å². The first-order valence-electron chi connectivity index (χ1n) is 11.1. The second kappa shape index (κ2) is 10.9. The molecule has 15 heteroatoms. The van der Waals surface area contributed by atoms with Crippen LogP contribution in [0.1, 0.15) is 11.1 Å². The number of nitro groups is 2. The van der Waals surface area contributed by atoms with Gasteiger partial charge in [0.2, 0.25) is 11.5 Å². The van der Waals surface area contributed by atoms with E-state index in [9.17, 15) is 46.6 Å². The Morgan fingerprint density at radius 3 is 1.15 bits per heavy atom. The summed E-state index contributed by atoms with van der Waals surface area (Å²) in [5.74, 6) is -1.41. The van der Waals surface area contributed by atoms with E-state index in [4.69, 9.17) is 27.9 Å². The minimum atomic E-state index is -4.63. The van der Waals surface area contributed by atoms with E-state index in [2.05, 4.69) is 0 Å². The van der Waals surface area contributed by atoms with Crippen LogP contribution in [0.3, 0.4) is 0 Å². The van der Waals surface area contributed by atoms with Gasteiger partial charge < -0.3 is 4.74 Å². The van der Waals surface area contributed by atoms with Crippen molar-refractivity contribution in [2.24, 2.45) is 0 Å². The fourth-order valence-corrected chi connectivity index (χ4v) is 4.41. The predicted octanol–water partition coefficient (Wildman–Crippen LogP) is 9.97. The highest BCUT2D eigenvalue weighted by molar-refractivity contribution is 6.36. The Hall–Kier alpha value is -4.36. The highest BCUT2D eigenvalue weighted by Crippen LogP contribution is 2.49. The maximum Gasteiger partial charge on any atom is 0.416 e. The number of rotatable bonds is 6. The molecule has 4 aromatic rings. The van der Waals surface area contributed by atoms with E-state index in [-0.39, 0.29) is 22.3 Å². The van der Waals surface area contributed by atoms with Gasteiger partial charge in [-0.3, -0.25) is 20.2 Å². The Bertz CT molecular complexity index is 1530. The molecule has 0 bridgehead atoms. The molecule has 0 aliphatic carbocycles. The summed E-state index contributed by atoms with van der Waals surface area (Å²) in [4.78, 5) is 21.7. The lowest BCUT2D eigenvalue weighted by molar-refractivity contribution is -0.387. The van der Waals surface area contributed by atoms with Gasteiger partial charge in [0.1, 0.15) is 0 Å². The molecule has 0 aliphatic heterocycles. The molecule has 0 saturated carbocycles. The van der Waals surface area contributed by atoms with Crippen molar-refractivity contribution in [2.45, 2.75) is 12.4 Å². The van der Waals surface area contributed by atoms with E-state index >= 15 is 0 Å². The first-order valence-corrected chi connectivity index (χ1v) is 11.8. The Morgan fingerprint density at radius 2 is 0.878 bits per heavy atom. The Balaban J connectivity index is 1.86. The molecule has 41 heavy (non-hydrogen) atoms. The Kier molecular flexibility index (Phi) is 7.87. The maximum absolute atomic E-state index is 13.0. The summed E-state index contributed by atoms with van der Waals surface area (Å²) < 4.78 is 83.5. The van der Waals surface area contributed by atoms with E-state index < -0.39 is 66.2 Å². The van der Waals surface area contributed by atoms with Crippen molar-refractivity contribution < 1.29 is 40.9 Å². The summed E-state index contributed by atoms with van der Waals surface area (Å²) in [6, 6.07) is 11.5. The number of nitro benzene ring substituents is 2. The largest absolute Gasteiger partial charge is 0.440 e. The number of hydrogen-bond donors (Lipinski definition) is 0. The van der Waals surface area contributed by atoms with Gasteiger partial charge in [0, 0.05) is 23.3 Å². The van der Waals surface area contributed by atoms with Crippen LogP contribution in [0.4, 0.5) is 37.7 Å². The first kappa shape index (κ1) is 29.6. The third-order valence-electron chi connectivity index (χ3n) is 5.80. The van der Waals surface area contributed by atoms with Crippen molar-refractivity contribution in [1.82, 2.24) is 0 Å². The molecule has 0 aliphatic rings. The van der Waals surface area contributed by atoms with E-state index in [0.717, 1.165) is 72.8 Å². The fourth-order valence-electron chi connectivity index (χ4n) is 3.80. The SMILES string of the molecule is O=[N+]([O-])c1ccc(-c2ccc(C(F)(F)F)cc2)c(Cl)c1Oc1c([N+](=O)[O-])ccc(-c2ccc(C(F)(F)F)cc2)c1Cl. The summed E-state index contributed by atoms with van der Waals surface area (Å²) in [5.41, 5.74) is -3.20.